The van der Waals surface area contributed by atoms with E-state index in [1.165, 1.54) is 0 Å². The summed E-state index contributed by atoms with van der Waals surface area (Å²) >= 11 is 4.95. The number of nitrogens with zero attached hydrogens (tertiary/aromatic N) is 3. The fourth-order valence-electron chi connectivity index (χ4n) is 3.90. The molecule has 1 aromatic carbocycles. The molecule has 0 bridgehead atoms. The first kappa shape index (κ1) is 21.2. The zero-order valence-corrected chi connectivity index (χ0v) is 19.8. The number of hydrogen-bond acceptors (Lipinski definition) is 5. The molecule has 2 aromatic heterocycles. The maximum atomic E-state index is 13.5. The van der Waals surface area contributed by atoms with Gasteiger partial charge in [0.05, 0.1) is 11.9 Å². The minimum Gasteiger partial charge on any atom is -0.324 e. The number of fused-ring (bicyclic) bond motifs is 1. The number of benzene rings is 1. The van der Waals surface area contributed by atoms with Crippen LogP contribution in [-0.2, 0) is 11.3 Å². The number of halogens is 1. The monoisotopic (exact) mass is 488 g/mol. The van der Waals surface area contributed by atoms with Crippen molar-refractivity contribution in [2.45, 2.75) is 46.2 Å². The lowest BCUT2D eigenvalue weighted by atomic mass is 10.2. The first-order valence-electron chi connectivity index (χ1n) is 10.1. The van der Waals surface area contributed by atoms with E-state index in [0.717, 1.165) is 45.7 Å². The topological polar surface area (TPSA) is 67.2 Å². The van der Waals surface area contributed by atoms with Crippen LogP contribution in [0.2, 0.25) is 0 Å². The molecule has 1 aliphatic heterocycles. The largest absolute Gasteiger partial charge is 0.324 e. The molecule has 3 aromatic rings. The van der Waals surface area contributed by atoms with Gasteiger partial charge in [0.15, 0.2) is 0 Å². The SMILES string of the molecule is Cc1sc2nc(CN3CCCC3)n(C(C)C(=O)Nc3ccc(Br)cc3)c(=O)c2c1C. The third kappa shape index (κ3) is 4.08. The Hall–Kier alpha value is -2.03. The van der Waals surface area contributed by atoms with Crippen LogP contribution in [0.5, 0.6) is 0 Å². The van der Waals surface area contributed by atoms with Gasteiger partial charge in [-0.1, -0.05) is 15.9 Å². The molecule has 0 radical (unpaired) electrons. The fourth-order valence-corrected chi connectivity index (χ4v) is 5.20. The third-order valence-corrected chi connectivity index (χ3v) is 7.38. The summed E-state index contributed by atoms with van der Waals surface area (Å²) in [6, 6.07) is 6.73. The number of carbonyl (C=O) groups excluding carboxylic acids is 1. The lowest BCUT2D eigenvalue weighted by Crippen LogP contribution is -2.36. The van der Waals surface area contributed by atoms with Crippen molar-refractivity contribution in [1.29, 1.82) is 0 Å². The maximum Gasteiger partial charge on any atom is 0.263 e. The predicted octanol–water partition coefficient (Wildman–Crippen LogP) is 4.63. The summed E-state index contributed by atoms with van der Waals surface area (Å²) in [7, 11) is 0. The summed E-state index contributed by atoms with van der Waals surface area (Å²) in [5.41, 5.74) is 1.52. The number of thiophene rings is 1. The maximum absolute atomic E-state index is 13.5. The molecule has 8 heteroatoms. The minimum atomic E-state index is -0.671. The van der Waals surface area contributed by atoms with Crippen LogP contribution in [0.1, 0.15) is 42.1 Å². The van der Waals surface area contributed by atoms with Crippen LogP contribution in [-0.4, -0.2) is 33.4 Å². The average molecular weight is 489 g/mol. The third-order valence-electron chi connectivity index (χ3n) is 5.75. The smallest absolute Gasteiger partial charge is 0.263 e. The Morgan fingerprint density at radius 3 is 2.57 bits per heavy atom. The van der Waals surface area contributed by atoms with Crippen molar-refractivity contribution in [3.8, 4) is 0 Å². The van der Waals surface area contributed by atoms with Crippen LogP contribution in [0.25, 0.3) is 10.2 Å². The second-order valence-electron chi connectivity index (χ2n) is 7.82. The van der Waals surface area contributed by atoms with E-state index >= 15 is 0 Å². The number of anilines is 1. The van der Waals surface area contributed by atoms with E-state index in [2.05, 4.69) is 26.1 Å². The number of carbonyl (C=O) groups is 1. The van der Waals surface area contributed by atoms with E-state index in [4.69, 9.17) is 4.98 Å². The summed E-state index contributed by atoms with van der Waals surface area (Å²) in [5, 5.41) is 3.56. The predicted molar refractivity (Wildman–Crippen MR) is 125 cm³/mol. The number of aromatic nitrogens is 2. The van der Waals surface area contributed by atoms with Crippen LogP contribution in [0, 0.1) is 13.8 Å². The van der Waals surface area contributed by atoms with E-state index in [0.29, 0.717) is 23.4 Å². The number of likely N-dealkylation sites (tertiary alicyclic amines) is 1. The molecular formula is C22H25BrN4O2S. The normalized spacial score (nSPS) is 15.6. The van der Waals surface area contributed by atoms with E-state index in [-0.39, 0.29) is 11.5 Å². The fraction of sp³-hybridized carbons (Fsp3) is 0.409. The van der Waals surface area contributed by atoms with Gasteiger partial charge in [0.25, 0.3) is 5.56 Å². The minimum absolute atomic E-state index is 0.130. The van der Waals surface area contributed by atoms with E-state index in [1.807, 2.05) is 38.1 Å². The Labute approximate surface area is 188 Å². The van der Waals surface area contributed by atoms with Gasteiger partial charge in [-0.3, -0.25) is 19.1 Å². The van der Waals surface area contributed by atoms with Crippen molar-refractivity contribution >= 4 is 49.1 Å². The highest BCUT2D eigenvalue weighted by Gasteiger charge is 2.25. The van der Waals surface area contributed by atoms with Crippen molar-refractivity contribution in [2.75, 3.05) is 18.4 Å². The van der Waals surface area contributed by atoms with Crippen molar-refractivity contribution in [2.24, 2.45) is 0 Å². The Balaban J connectivity index is 1.75. The molecule has 0 saturated carbocycles. The second kappa shape index (κ2) is 8.61. The van der Waals surface area contributed by atoms with Gasteiger partial charge in [-0.05, 0) is 76.5 Å². The molecule has 1 fully saturated rings. The average Bonchev–Trinajstić information content (AvgIpc) is 3.31. The number of nitrogens with one attached hydrogen (secondary N) is 1. The highest BCUT2D eigenvalue weighted by atomic mass is 79.9. The van der Waals surface area contributed by atoms with Crippen LogP contribution in [0.3, 0.4) is 0 Å². The lowest BCUT2D eigenvalue weighted by molar-refractivity contribution is -0.119. The quantitative estimate of drug-likeness (QED) is 0.568. The first-order chi connectivity index (χ1) is 14.3. The molecule has 1 saturated heterocycles. The molecule has 0 spiro atoms. The highest BCUT2D eigenvalue weighted by molar-refractivity contribution is 9.10. The van der Waals surface area contributed by atoms with Gasteiger partial charge in [0, 0.05) is 15.0 Å². The van der Waals surface area contributed by atoms with Crippen LogP contribution in [0.4, 0.5) is 5.69 Å². The molecule has 4 rings (SSSR count). The second-order valence-corrected chi connectivity index (χ2v) is 9.94. The first-order valence-corrected chi connectivity index (χ1v) is 11.8. The molecule has 1 amide bonds. The molecule has 1 unspecified atom stereocenters. The number of amides is 1. The van der Waals surface area contributed by atoms with Crippen molar-refractivity contribution in [1.82, 2.24) is 14.5 Å². The van der Waals surface area contributed by atoms with Gasteiger partial charge in [-0.15, -0.1) is 11.3 Å². The van der Waals surface area contributed by atoms with Crippen LogP contribution >= 0.6 is 27.3 Å². The van der Waals surface area contributed by atoms with E-state index in [9.17, 15) is 9.59 Å². The van der Waals surface area contributed by atoms with Gasteiger partial charge < -0.3 is 5.32 Å². The lowest BCUT2D eigenvalue weighted by Gasteiger charge is -2.22. The van der Waals surface area contributed by atoms with Gasteiger partial charge in [0.1, 0.15) is 16.7 Å². The zero-order valence-electron chi connectivity index (χ0n) is 17.4. The summed E-state index contributed by atoms with van der Waals surface area (Å²) in [5.74, 6) is 0.432. The molecular weight excluding hydrogens is 464 g/mol. The molecule has 0 aliphatic carbocycles. The van der Waals surface area contributed by atoms with E-state index in [1.54, 1.807) is 22.8 Å². The van der Waals surface area contributed by atoms with Crippen molar-refractivity contribution in [3.63, 3.8) is 0 Å². The van der Waals surface area contributed by atoms with E-state index < -0.39 is 6.04 Å². The van der Waals surface area contributed by atoms with Crippen molar-refractivity contribution in [3.05, 3.63) is 55.4 Å². The molecule has 1 N–H and O–H groups in total. The van der Waals surface area contributed by atoms with Gasteiger partial charge in [0.2, 0.25) is 5.91 Å². The Morgan fingerprint density at radius 2 is 1.90 bits per heavy atom. The number of aryl methyl sites for hydroxylation is 2. The summed E-state index contributed by atoms with van der Waals surface area (Å²) < 4.78 is 2.53. The standard InChI is InChI=1S/C22H25BrN4O2S/c1-13-15(3)30-21-19(13)22(29)27(18(25-21)12-26-10-4-5-11-26)14(2)20(28)24-17-8-6-16(23)7-9-17/h6-9,14H,4-5,10-12H2,1-3H3,(H,24,28). The Kier molecular flexibility index (Phi) is 6.09. The highest BCUT2D eigenvalue weighted by Crippen LogP contribution is 2.28. The number of hydrogen-bond donors (Lipinski definition) is 1. The summed E-state index contributed by atoms with van der Waals surface area (Å²) in [6.07, 6.45) is 2.31. The van der Waals surface area contributed by atoms with Gasteiger partial charge >= 0.3 is 0 Å². The molecule has 30 heavy (non-hydrogen) atoms. The molecule has 1 atom stereocenters. The zero-order chi connectivity index (χ0) is 21.4. The molecule has 3 heterocycles. The van der Waals surface area contributed by atoms with Gasteiger partial charge in [-0.25, -0.2) is 4.98 Å². The summed E-state index contributed by atoms with van der Waals surface area (Å²) in [4.78, 5) is 35.6. The van der Waals surface area contributed by atoms with Crippen LogP contribution < -0.4 is 10.9 Å². The van der Waals surface area contributed by atoms with Crippen molar-refractivity contribution < 1.29 is 4.79 Å². The Morgan fingerprint density at radius 1 is 1.23 bits per heavy atom. The van der Waals surface area contributed by atoms with Gasteiger partial charge in [-0.2, -0.15) is 0 Å². The Bertz CT molecular complexity index is 1150. The van der Waals surface area contributed by atoms with Crippen LogP contribution in [0.15, 0.2) is 33.5 Å². The molecule has 158 valence electrons. The molecule has 6 nitrogen and oxygen atoms in total. The molecule has 1 aliphatic rings. The summed E-state index contributed by atoms with van der Waals surface area (Å²) in [6.45, 7) is 8.30. The number of rotatable bonds is 5.